The Bertz CT molecular complexity index is 238. The number of halogens is 3. The zero-order valence-electron chi connectivity index (χ0n) is 6.68. The second kappa shape index (κ2) is 2.80. The van der Waals surface area contributed by atoms with Crippen LogP contribution in [0.3, 0.4) is 0 Å². The molecule has 1 rings (SSSR count). The highest BCUT2D eigenvalue weighted by Crippen LogP contribution is 2.28. The van der Waals surface area contributed by atoms with E-state index in [2.05, 4.69) is 10.5 Å². The molecule has 0 fully saturated rings. The van der Waals surface area contributed by atoms with Crippen molar-refractivity contribution >= 4 is 5.71 Å². The summed E-state index contributed by atoms with van der Waals surface area (Å²) in [5.74, 6) is -0.198. The molecule has 0 atom stereocenters. The van der Waals surface area contributed by atoms with Crippen LogP contribution < -0.4 is 5.43 Å². The van der Waals surface area contributed by atoms with Crippen molar-refractivity contribution < 1.29 is 13.2 Å². The lowest BCUT2D eigenvalue weighted by Gasteiger charge is -2.10. The van der Waals surface area contributed by atoms with E-state index in [1.807, 2.05) is 0 Å². The number of allylic oxidation sites excluding steroid dienone is 1. The summed E-state index contributed by atoms with van der Waals surface area (Å²) in [6.45, 7) is 3.35. The topological polar surface area (TPSA) is 26.5 Å². The van der Waals surface area contributed by atoms with Crippen molar-refractivity contribution in [2.24, 2.45) is 11.0 Å². The Hall–Kier alpha value is -1.00. The minimum Gasteiger partial charge on any atom is -0.164 e. The van der Waals surface area contributed by atoms with Gasteiger partial charge in [0.2, 0.25) is 0 Å². The Labute approximate surface area is 68.1 Å². The van der Waals surface area contributed by atoms with E-state index in [-0.39, 0.29) is 11.5 Å². The van der Waals surface area contributed by atoms with Crippen LogP contribution in [0.15, 0.2) is 16.9 Å². The maximum absolute atomic E-state index is 12.1. The van der Waals surface area contributed by atoms with Crippen LogP contribution in [0.4, 0.5) is 13.2 Å². The first-order valence-electron chi connectivity index (χ1n) is 3.48. The Morgan fingerprint density at radius 1 is 1.33 bits per heavy atom. The van der Waals surface area contributed by atoms with E-state index >= 15 is 0 Å². The third-order valence-electron chi connectivity index (χ3n) is 1.52. The van der Waals surface area contributed by atoms with Gasteiger partial charge in [-0.2, -0.15) is 18.6 Å². The van der Waals surface area contributed by atoms with Gasteiger partial charge in [-0.15, -0.1) is 5.10 Å². The second-order valence-electron chi connectivity index (χ2n) is 2.80. The molecule has 1 heterocycles. The molecule has 12 heavy (non-hydrogen) atoms. The number of hydrogen-bond acceptors (Lipinski definition) is 1. The average Bonchev–Trinajstić information content (AvgIpc) is 2.30. The molecule has 0 aromatic heterocycles. The molecule has 0 aromatic carbocycles. The van der Waals surface area contributed by atoms with Gasteiger partial charge in [0.15, 0.2) is 5.71 Å². The molecule has 0 unspecified atom stereocenters. The van der Waals surface area contributed by atoms with Gasteiger partial charge in [-0.3, -0.25) is 0 Å². The van der Waals surface area contributed by atoms with E-state index in [1.54, 1.807) is 13.8 Å². The molecule has 5 heteroatoms. The molecule has 1 aliphatic heterocycles. The van der Waals surface area contributed by atoms with Crippen molar-refractivity contribution in [3.8, 4) is 0 Å². The van der Waals surface area contributed by atoms with E-state index in [4.69, 9.17) is 0 Å². The normalized spacial score (nSPS) is 17.5. The Balaban J connectivity index is 2.88. The molecule has 0 N–H and O–H groups in total. The molecule has 0 spiro atoms. The van der Waals surface area contributed by atoms with Crippen molar-refractivity contribution in [3.63, 3.8) is 0 Å². The van der Waals surface area contributed by atoms with E-state index in [0.29, 0.717) is 0 Å². The summed E-state index contributed by atoms with van der Waals surface area (Å²) in [7, 11) is 0. The molecular weight excluding hydrogens is 169 g/mol. The van der Waals surface area contributed by atoms with Gasteiger partial charge in [-0.05, 0) is 5.92 Å². The molecule has 0 aliphatic carbocycles. The third kappa shape index (κ3) is 1.60. The minimum atomic E-state index is -4.38. The smallest absolute Gasteiger partial charge is 0.164 e. The maximum Gasteiger partial charge on any atom is 0.435 e. The lowest BCUT2D eigenvalue weighted by atomic mass is 10.00. The van der Waals surface area contributed by atoms with Crippen molar-refractivity contribution in [3.05, 3.63) is 11.8 Å². The highest BCUT2D eigenvalue weighted by atomic mass is 19.4. The number of rotatable bonds is 1. The summed E-state index contributed by atoms with van der Waals surface area (Å²) >= 11 is 0. The van der Waals surface area contributed by atoms with Crippen LogP contribution in [0.25, 0.3) is 0 Å². The summed E-state index contributed by atoms with van der Waals surface area (Å²) in [5.41, 5.74) is 2.53. The predicted molar refractivity (Wildman–Crippen MR) is 38.5 cm³/mol. The zero-order chi connectivity index (χ0) is 9.35. The number of alkyl halides is 3. The van der Waals surface area contributed by atoms with E-state index in [0.717, 1.165) is 6.20 Å². The molecular formula is C7H8F3N2. The van der Waals surface area contributed by atoms with Crippen molar-refractivity contribution in [2.45, 2.75) is 20.0 Å². The molecule has 0 amide bonds. The largest absolute Gasteiger partial charge is 0.435 e. The van der Waals surface area contributed by atoms with Crippen LogP contribution >= 0.6 is 0 Å². The first kappa shape index (κ1) is 9.09. The molecule has 0 aromatic rings. The van der Waals surface area contributed by atoms with Crippen LogP contribution in [0.1, 0.15) is 13.8 Å². The highest BCUT2D eigenvalue weighted by Gasteiger charge is 2.41. The summed E-state index contributed by atoms with van der Waals surface area (Å²) in [4.78, 5) is 0. The van der Waals surface area contributed by atoms with Gasteiger partial charge in [0.1, 0.15) is 0 Å². The van der Waals surface area contributed by atoms with Crippen molar-refractivity contribution in [1.82, 2.24) is 5.43 Å². The predicted octanol–water partition coefficient (Wildman–Crippen LogP) is 2.06. The minimum absolute atomic E-state index is 0.155. The standard InChI is InChI=1S/C7H8F3N2/c1-4(2)5-3-11-12-6(5)7(8,9)10/h3-4H,1-2H3. The fourth-order valence-corrected chi connectivity index (χ4v) is 0.911. The van der Waals surface area contributed by atoms with E-state index in [1.165, 1.54) is 0 Å². The van der Waals surface area contributed by atoms with Gasteiger partial charge < -0.3 is 0 Å². The van der Waals surface area contributed by atoms with Crippen molar-refractivity contribution in [2.75, 3.05) is 0 Å². The van der Waals surface area contributed by atoms with E-state index < -0.39 is 11.9 Å². The first-order chi connectivity index (χ1) is 5.43. The summed E-state index contributed by atoms with van der Waals surface area (Å²) < 4.78 is 36.4. The molecule has 0 bridgehead atoms. The molecule has 1 aliphatic rings. The van der Waals surface area contributed by atoms with Crippen LogP contribution in [0, 0.1) is 5.92 Å². The SMILES string of the molecule is CC(C)C1=C[N]N=C1C(F)(F)F. The van der Waals surface area contributed by atoms with Gasteiger partial charge in [0.25, 0.3) is 0 Å². The van der Waals surface area contributed by atoms with Crippen LogP contribution in [0.2, 0.25) is 0 Å². The quantitative estimate of drug-likeness (QED) is 0.586. The number of nitrogens with zero attached hydrogens (tertiary/aromatic N) is 2. The fourth-order valence-electron chi connectivity index (χ4n) is 0.911. The molecule has 0 saturated heterocycles. The maximum atomic E-state index is 12.1. The second-order valence-corrected chi connectivity index (χ2v) is 2.80. The third-order valence-corrected chi connectivity index (χ3v) is 1.52. The lowest BCUT2D eigenvalue weighted by Crippen LogP contribution is -2.25. The molecule has 1 radical (unpaired) electrons. The Kier molecular flexibility index (Phi) is 2.12. The van der Waals surface area contributed by atoms with Gasteiger partial charge in [0, 0.05) is 5.57 Å². The fraction of sp³-hybridized carbons (Fsp3) is 0.571. The lowest BCUT2D eigenvalue weighted by molar-refractivity contribution is -0.0585. The Morgan fingerprint density at radius 2 is 1.92 bits per heavy atom. The van der Waals surface area contributed by atoms with Crippen LogP contribution in [0.5, 0.6) is 0 Å². The molecule has 2 nitrogen and oxygen atoms in total. The van der Waals surface area contributed by atoms with Crippen LogP contribution in [-0.2, 0) is 0 Å². The first-order valence-corrected chi connectivity index (χ1v) is 3.48. The average molecular weight is 177 g/mol. The van der Waals surface area contributed by atoms with Gasteiger partial charge in [0.05, 0.1) is 6.20 Å². The van der Waals surface area contributed by atoms with Gasteiger partial charge >= 0.3 is 6.18 Å². The molecule has 67 valence electrons. The number of hydrogen-bond donors (Lipinski definition) is 0. The summed E-state index contributed by atoms with van der Waals surface area (Å²) in [5, 5.41) is 3.03. The zero-order valence-corrected chi connectivity index (χ0v) is 6.68. The van der Waals surface area contributed by atoms with E-state index in [9.17, 15) is 13.2 Å². The van der Waals surface area contributed by atoms with Crippen LogP contribution in [-0.4, -0.2) is 11.9 Å². The van der Waals surface area contributed by atoms with Gasteiger partial charge in [-0.1, -0.05) is 13.8 Å². The summed E-state index contributed by atoms with van der Waals surface area (Å²) in [6.07, 6.45) is -3.22. The monoisotopic (exact) mass is 177 g/mol. The molecule has 0 saturated carbocycles. The van der Waals surface area contributed by atoms with Crippen molar-refractivity contribution in [1.29, 1.82) is 0 Å². The highest BCUT2D eigenvalue weighted by molar-refractivity contribution is 6.05. The summed E-state index contributed by atoms with van der Waals surface area (Å²) in [6, 6.07) is 0. The van der Waals surface area contributed by atoms with Gasteiger partial charge in [-0.25, -0.2) is 0 Å². The Morgan fingerprint density at radius 3 is 2.25 bits per heavy atom.